The van der Waals surface area contributed by atoms with Crippen LogP contribution >= 0.6 is 22.9 Å². The number of hydrogen-bond donors (Lipinski definition) is 1. The average molecular weight is 314 g/mol. The van der Waals surface area contributed by atoms with E-state index in [1.807, 2.05) is 0 Å². The molecule has 1 N–H and O–H groups in total. The van der Waals surface area contributed by atoms with Crippen LogP contribution in [0.15, 0.2) is 12.1 Å². The Hall–Kier alpha value is -0.0500. The zero-order valence-electron chi connectivity index (χ0n) is 13.2. The van der Waals surface area contributed by atoms with E-state index in [9.17, 15) is 0 Å². The first-order valence-corrected chi connectivity index (χ1v) is 9.15. The van der Waals surface area contributed by atoms with Crippen molar-refractivity contribution in [2.24, 2.45) is 17.8 Å². The zero-order chi connectivity index (χ0) is 14.7. The maximum atomic E-state index is 6.16. The van der Waals surface area contributed by atoms with Gasteiger partial charge in [-0.25, -0.2) is 0 Å². The second kappa shape index (κ2) is 7.29. The molecule has 1 aliphatic carbocycles. The smallest absolute Gasteiger partial charge is 0.0931 e. The van der Waals surface area contributed by atoms with Crippen LogP contribution in [0.2, 0.25) is 4.34 Å². The van der Waals surface area contributed by atoms with Gasteiger partial charge in [0.25, 0.3) is 0 Å². The molecule has 0 aromatic carbocycles. The molecule has 1 aliphatic rings. The first-order chi connectivity index (χ1) is 9.47. The third-order valence-corrected chi connectivity index (χ3v) is 6.09. The van der Waals surface area contributed by atoms with Gasteiger partial charge in [-0.15, -0.1) is 11.3 Å². The molecule has 1 aromatic heterocycles. The molecule has 3 unspecified atom stereocenters. The first kappa shape index (κ1) is 16.3. The van der Waals surface area contributed by atoms with E-state index >= 15 is 0 Å². The summed E-state index contributed by atoms with van der Waals surface area (Å²) in [5, 5.41) is 3.64. The van der Waals surface area contributed by atoms with Crippen molar-refractivity contribution in [3.05, 3.63) is 21.3 Å². The molecule has 0 amide bonds. The molecule has 1 saturated carbocycles. The molecular formula is C17H28ClNS. The summed E-state index contributed by atoms with van der Waals surface area (Å²) in [6.45, 7) is 10.3. The van der Waals surface area contributed by atoms with Crippen LogP contribution < -0.4 is 5.32 Å². The van der Waals surface area contributed by atoms with Crippen LogP contribution in [0.25, 0.3) is 0 Å². The lowest BCUT2D eigenvalue weighted by Gasteiger charge is -2.38. The Labute approximate surface area is 133 Å². The summed E-state index contributed by atoms with van der Waals surface area (Å²) in [5.41, 5.74) is 0. The highest BCUT2D eigenvalue weighted by Crippen LogP contribution is 2.45. The predicted octanol–water partition coefficient (Wildman–Crippen LogP) is 5.56. The van der Waals surface area contributed by atoms with Gasteiger partial charge in [0, 0.05) is 10.9 Å². The third-order valence-electron chi connectivity index (χ3n) is 4.72. The van der Waals surface area contributed by atoms with Crippen molar-refractivity contribution in [2.45, 2.75) is 58.9 Å². The van der Waals surface area contributed by atoms with E-state index in [-0.39, 0.29) is 0 Å². The van der Waals surface area contributed by atoms with Gasteiger partial charge in [-0.1, -0.05) is 39.3 Å². The molecule has 0 aliphatic heterocycles. The first-order valence-electron chi connectivity index (χ1n) is 7.96. The maximum absolute atomic E-state index is 6.16. The van der Waals surface area contributed by atoms with Crippen molar-refractivity contribution in [3.8, 4) is 0 Å². The van der Waals surface area contributed by atoms with Crippen molar-refractivity contribution in [3.63, 3.8) is 0 Å². The molecule has 1 fully saturated rings. The van der Waals surface area contributed by atoms with Crippen molar-refractivity contribution in [2.75, 3.05) is 6.54 Å². The van der Waals surface area contributed by atoms with Crippen LogP contribution in [0.3, 0.4) is 0 Å². The van der Waals surface area contributed by atoms with Crippen LogP contribution in [-0.2, 0) is 0 Å². The van der Waals surface area contributed by atoms with E-state index in [0.29, 0.717) is 12.0 Å². The highest BCUT2D eigenvalue weighted by atomic mass is 35.5. The molecule has 0 radical (unpaired) electrons. The molecular weight excluding hydrogens is 286 g/mol. The second-order valence-electron chi connectivity index (χ2n) is 6.89. The second-order valence-corrected chi connectivity index (χ2v) is 8.64. The van der Waals surface area contributed by atoms with Gasteiger partial charge in [-0.2, -0.15) is 0 Å². The highest BCUT2D eigenvalue weighted by Gasteiger charge is 2.33. The third kappa shape index (κ3) is 4.22. The van der Waals surface area contributed by atoms with Crippen LogP contribution in [0, 0.1) is 17.8 Å². The molecule has 1 heterocycles. The predicted molar refractivity (Wildman–Crippen MR) is 90.9 cm³/mol. The number of hydrogen-bond acceptors (Lipinski definition) is 2. The molecule has 0 bridgehead atoms. The van der Waals surface area contributed by atoms with Crippen LogP contribution in [-0.4, -0.2) is 12.6 Å². The summed E-state index contributed by atoms with van der Waals surface area (Å²) in [6, 6.07) is 4.89. The van der Waals surface area contributed by atoms with E-state index < -0.39 is 0 Å². The molecule has 3 atom stereocenters. The van der Waals surface area contributed by atoms with E-state index in [1.54, 1.807) is 11.3 Å². The fourth-order valence-corrected chi connectivity index (χ4v) is 4.65. The fourth-order valence-electron chi connectivity index (χ4n) is 3.38. The summed E-state index contributed by atoms with van der Waals surface area (Å²) >= 11 is 7.94. The van der Waals surface area contributed by atoms with Gasteiger partial charge in [0.15, 0.2) is 0 Å². The van der Waals surface area contributed by atoms with E-state index in [0.717, 1.165) is 28.6 Å². The van der Waals surface area contributed by atoms with Crippen molar-refractivity contribution in [1.82, 2.24) is 5.32 Å². The van der Waals surface area contributed by atoms with Crippen molar-refractivity contribution in [1.29, 1.82) is 0 Å². The summed E-state index contributed by atoms with van der Waals surface area (Å²) in [4.78, 5) is 1.50. The van der Waals surface area contributed by atoms with E-state index in [4.69, 9.17) is 11.6 Å². The fraction of sp³-hybridized carbons (Fsp3) is 0.765. The summed E-state index contributed by atoms with van der Waals surface area (Å²) in [5.74, 6) is 3.13. The summed E-state index contributed by atoms with van der Waals surface area (Å²) in [7, 11) is 0. The van der Waals surface area contributed by atoms with E-state index in [2.05, 4.69) is 45.1 Å². The summed E-state index contributed by atoms with van der Waals surface area (Å²) in [6.07, 6.45) is 4.07. The molecule has 3 heteroatoms. The number of rotatable bonds is 5. The minimum atomic E-state index is 0.574. The Morgan fingerprint density at radius 2 is 2.00 bits per heavy atom. The summed E-state index contributed by atoms with van der Waals surface area (Å²) < 4.78 is 0.933. The minimum Gasteiger partial charge on any atom is -0.314 e. The van der Waals surface area contributed by atoms with Crippen LogP contribution in [0.4, 0.5) is 0 Å². The molecule has 114 valence electrons. The van der Waals surface area contributed by atoms with Gasteiger partial charge < -0.3 is 5.32 Å². The van der Waals surface area contributed by atoms with E-state index in [1.165, 1.54) is 24.1 Å². The van der Waals surface area contributed by atoms with Crippen molar-refractivity contribution >= 4 is 22.9 Å². The molecule has 0 spiro atoms. The topological polar surface area (TPSA) is 12.0 Å². The van der Waals surface area contributed by atoms with Gasteiger partial charge in [0.2, 0.25) is 0 Å². The lowest BCUT2D eigenvalue weighted by atomic mass is 9.70. The highest BCUT2D eigenvalue weighted by molar-refractivity contribution is 7.16. The average Bonchev–Trinajstić information content (AvgIpc) is 2.82. The maximum Gasteiger partial charge on any atom is 0.0931 e. The Kier molecular flexibility index (Phi) is 5.95. The van der Waals surface area contributed by atoms with Gasteiger partial charge in [0.05, 0.1) is 4.34 Å². The van der Waals surface area contributed by atoms with Gasteiger partial charge in [0.1, 0.15) is 0 Å². The lowest BCUT2D eigenvalue weighted by Crippen LogP contribution is -2.35. The van der Waals surface area contributed by atoms with Gasteiger partial charge in [-0.05, 0) is 61.6 Å². The molecule has 1 aromatic rings. The number of nitrogens with one attached hydrogen (secondary N) is 1. The van der Waals surface area contributed by atoms with Crippen molar-refractivity contribution < 1.29 is 0 Å². The molecule has 20 heavy (non-hydrogen) atoms. The lowest BCUT2D eigenvalue weighted by molar-refractivity contribution is 0.190. The standard InChI is InChI=1S/C17H28ClNS/c1-11(2)13-5-6-14(10-19-12(3)4)15(9-13)16-7-8-17(18)20-16/h7-8,11-15,19H,5-6,9-10H2,1-4H3. The minimum absolute atomic E-state index is 0.574. The zero-order valence-corrected chi connectivity index (χ0v) is 14.7. The molecule has 2 rings (SSSR count). The Bertz CT molecular complexity index is 413. The van der Waals surface area contributed by atoms with Gasteiger partial charge in [-0.3, -0.25) is 0 Å². The monoisotopic (exact) mass is 313 g/mol. The Morgan fingerprint density at radius 3 is 2.55 bits per heavy atom. The molecule has 0 saturated heterocycles. The largest absolute Gasteiger partial charge is 0.314 e. The van der Waals surface area contributed by atoms with Crippen LogP contribution in [0.1, 0.15) is 57.8 Å². The Balaban J connectivity index is 2.09. The van der Waals surface area contributed by atoms with Gasteiger partial charge >= 0.3 is 0 Å². The molecule has 1 nitrogen and oxygen atoms in total. The normalized spacial score (nSPS) is 27.4. The number of thiophene rings is 1. The SMILES string of the molecule is CC(C)NCC1CCC(C(C)C)CC1c1ccc(Cl)s1. The Morgan fingerprint density at radius 1 is 1.25 bits per heavy atom. The number of halogens is 1. The van der Waals surface area contributed by atoms with Crippen LogP contribution in [0.5, 0.6) is 0 Å². The quantitative estimate of drug-likeness (QED) is 0.751.